The maximum Gasteiger partial charge on any atom is 0.357 e. The molecule has 0 amide bonds. The van der Waals surface area contributed by atoms with E-state index in [2.05, 4.69) is 4.98 Å². The number of aromatic nitrogens is 2. The van der Waals surface area contributed by atoms with Crippen molar-refractivity contribution in [1.82, 2.24) is 9.55 Å². The number of pyridine rings is 1. The van der Waals surface area contributed by atoms with E-state index in [0.717, 1.165) is 0 Å². The van der Waals surface area contributed by atoms with Gasteiger partial charge in [-0.2, -0.15) is 5.26 Å². The molecule has 0 unspecified atom stereocenters. The van der Waals surface area contributed by atoms with Gasteiger partial charge in [-0.15, -0.1) is 0 Å². The van der Waals surface area contributed by atoms with Crippen LogP contribution < -0.4 is 10.5 Å². The van der Waals surface area contributed by atoms with Crippen LogP contribution in [0.2, 0.25) is 0 Å². The fourth-order valence-electron chi connectivity index (χ4n) is 2.53. The van der Waals surface area contributed by atoms with Gasteiger partial charge in [0.1, 0.15) is 11.8 Å². The van der Waals surface area contributed by atoms with Gasteiger partial charge < -0.3 is 19.8 Å². The van der Waals surface area contributed by atoms with Crippen molar-refractivity contribution < 1.29 is 19.2 Å². The average molecular weight is 379 g/mol. The fraction of sp³-hybridized carbons (Fsp3) is 0.0556. The summed E-state index contributed by atoms with van der Waals surface area (Å²) in [6.45, 7) is 0. The summed E-state index contributed by atoms with van der Waals surface area (Å²) in [5, 5.41) is 20.3. The Kier molecular flexibility index (Phi) is 4.91. The number of nitriles is 1. The van der Waals surface area contributed by atoms with E-state index in [1.54, 1.807) is 18.2 Å². The van der Waals surface area contributed by atoms with Crippen molar-refractivity contribution in [2.24, 2.45) is 0 Å². The molecule has 2 aromatic heterocycles. The van der Waals surface area contributed by atoms with Gasteiger partial charge in [0.05, 0.1) is 23.3 Å². The number of carbonyl (C=O) groups is 1. The predicted octanol–water partition coefficient (Wildman–Crippen LogP) is 2.81. The van der Waals surface area contributed by atoms with Gasteiger partial charge >= 0.3 is 11.7 Å². The molecule has 0 fully saturated rings. The number of benzene rings is 1. The van der Waals surface area contributed by atoms with Crippen LogP contribution >= 0.6 is 0 Å². The van der Waals surface area contributed by atoms with Crippen molar-refractivity contribution in [3.05, 3.63) is 70.2 Å². The van der Waals surface area contributed by atoms with Crippen LogP contribution in [0.5, 0.6) is 11.6 Å². The SMILES string of the molecule is COC(=O)c1c(N)c(C#N)cn1-c1cccc(Oc2ncccc2[N+](=O)[O-])c1. The minimum Gasteiger partial charge on any atom is -0.464 e. The summed E-state index contributed by atoms with van der Waals surface area (Å²) in [5.41, 5.74) is 6.10. The third kappa shape index (κ3) is 3.32. The summed E-state index contributed by atoms with van der Waals surface area (Å²) in [7, 11) is 1.20. The lowest BCUT2D eigenvalue weighted by Crippen LogP contribution is -2.11. The molecule has 1 aromatic carbocycles. The Balaban J connectivity index is 2.05. The topological polar surface area (TPSA) is 146 Å². The largest absolute Gasteiger partial charge is 0.464 e. The molecule has 0 atom stereocenters. The summed E-state index contributed by atoms with van der Waals surface area (Å²) < 4.78 is 11.7. The molecule has 28 heavy (non-hydrogen) atoms. The van der Waals surface area contributed by atoms with Crippen LogP contribution in [-0.4, -0.2) is 27.6 Å². The third-order valence-electron chi connectivity index (χ3n) is 3.80. The highest BCUT2D eigenvalue weighted by molar-refractivity contribution is 5.95. The summed E-state index contributed by atoms with van der Waals surface area (Å²) >= 11 is 0. The van der Waals surface area contributed by atoms with Crippen LogP contribution in [0.1, 0.15) is 16.1 Å². The molecule has 10 nitrogen and oxygen atoms in total. The minimum atomic E-state index is -0.717. The second-order valence-electron chi connectivity index (χ2n) is 5.46. The lowest BCUT2D eigenvalue weighted by Gasteiger charge is -2.10. The number of hydrogen-bond acceptors (Lipinski definition) is 8. The number of ether oxygens (including phenoxy) is 2. The van der Waals surface area contributed by atoms with Crippen LogP contribution in [0, 0.1) is 21.4 Å². The maximum absolute atomic E-state index is 12.1. The average Bonchev–Trinajstić information content (AvgIpc) is 3.04. The van der Waals surface area contributed by atoms with Crippen molar-refractivity contribution in [2.45, 2.75) is 0 Å². The van der Waals surface area contributed by atoms with Crippen LogP contribution in [0.15, 0.2) is 48.8 Å². The number of carbonyl (C=O) groups excluding carboxylic acids is 1. The summed E-state index contributed by atoms with van der Waals surface area (Å²) in [6, 6.07) is 11.0. The van der Waals surface area contributed by atoms with Crippen molar-refractivity contribution >= 4 is 17.3 Å². The number of methoxy groups -OCH3 is 1. The van der Waals surface area contributed by atoms with Crippen molar-refractivity contribution in [2.75, 3.05) is 12.8 Å². The van der Waals surface area contributed by atoms with E-state index in [1.807, 2.05) is 6.07 Å². The number of nitro groups is 1. The highest BCUT2D eigenvalue weighted by Gasteiger charge is 2.22. The van der Waals surface area contributed by atoms with E-state index in [4.69, 9.17) is 15.2 Å². The minimum absolute atomic E-state index is 0.0129. The second-order valence-corrected chi connectivity index (χ2v) is 5.46. The zero-order valence-electron chi connectivity index (χ0n) is 14.5. The fourth-order valence-corrected chi connectivity index (χ4v) is 2.53. The molecule has 3 rings (SSSR count). The van der Waals surface area contributed by atoms with Gasteiger partial charge in [0.25, 0.3) is 5.88 Å². The lowest BCUT2D eigenvalue weighted by atomic mass is 10.2. The predicted molar refractivity (Wildman–Crippen MR) is 97.2 cm³/mol. The summed E-state index contributed by atoms with van der Waals surface area (Å²) in [6.07, 6.45) is 2.76. The number of nitrogen functional groups attached to an aromatic ring is 1. The molecule has 0 aliphatic rings. The van der Waals surface area contributed by atoms with Crippen molar-refractivity contribution in [3.63, 3.8) is 0 Å². The molecule has 2 N–H and O–H groups in total. The van der Waals surface area contributed by atoms with Crippen LogP contribution in [0.4, 0.5) is 11.4 Å². The maximum atomic E-state index is 12.1. The Morgan fingerprint density at radius 2 is 2.14 bits per heavy atom. The van der Waals surface area contributed by atoms with Gasteiger partial charge in [0.15, 0.2) is 5.69 Å². The third-order valence-corrected chi connectivity index (χ3v) is 3.80. The van der Waals surface area contributed by atoms with Gasteiger partial charge in [-0.3, -0.25) is 10.1 Å². The van der Waals surface area contributed by atoms with E-state index in [-0.39, 0.29) is 34.3 Å². The highest BCUT2D eigenvalue weighted by atomic mass is 16.6. The van der Waals surface area contributed by atoms with Gasteiger partial charge in [-0.25, -0.2) is 9.78 Å². The van der Waals surface area contributed by atoms with E-state index in [9.17, 15) is 20.2 Å². The Bertz CT molecular complexity index is 1120. The Morgan fingerprint density at radius 1 is 1.36 bits per heavy atom. The molecule has 10 heteroatoms. The van der Waals surface area contributed by atoms with E-state index in [1.165, 1.54) is 42.3 Å². The molecular weight excluding hydrogens is 366 g/mol. The first kappa shape index (κ1) is 18.4. The number of hydrogen-bond donors (Lipinski definition) is 1. The van der Waals surface area contributed by atoms with Crippen LogP contribution in [0.3, 0.4) is 0 Å². The van der Waals surface area contributed by atoms with Crippen molar-refractivity contribution in [3.8, 4) is 23.4 Å². The first-order chi connectivity index (χ1) is 13.5. The summed E-state index contributed by atoms with van der Waals surface area (Å²) in [5.74, 6) is -0.658. The monoisotopic (exact) mass is 379 g/mol. The number of nitrogens with zero attached hydrogens (tertiary/aromatic N) is 4. The van der Waals surface area contributed by atoms with Gasteiger partial charge in [-0.05, 0) is 18.2 Å². The first-order valence-electron chi connectivity index (χ1n) is 7.83. The van der Waals surface area contributed by atoms with Gasteiger partial charge in [-0.1, -0.05) is 6.07 Å². The second kappa shape index (κ2) is 7.46. The molecule has 0 radical (unpaired) electrons. The van der Waals surface area contributed by atoms with Crippen molar-refractivity contribution in [1.29, 1.82) is 5.26 Å². The van der Waals surface area contributed by atoms with E-state index >= 15 is 0 Å². The molecule has 3 aromatic rings. The first-order valence-corrected chi connectivity index (χ1v) is 7.83. The normalized spacial score (nSPS) is 10.1. The summed E-state index contributed by atoms with van der Waals surface area (Å²) in [4.78, 5) is 26.5. The van der Waals surface area contributed by atoms with Gasteiger partial charge in [0.2, 0.25) is 0 Å². The van der Waals surface area contributed by atoms with Crippen LogP contribution in [0.25, 0.3) is 5.69 Å². The quantitative estimate of drug-likeness (QED) is 0.404. The number of anilines is 1. The van der Waals surface area contributed by atoms with E-state index < -0.39 is 10.9 Å². The molecule has 0 spiro atoms. The smallest absolute Gasteiger partial charge is 0.357 e. The molecule has 140 valence electrons. The zero-order chi connectivity index (χ0) is 20.3. The molecule has 0 aliphatic carbocycles. The Morgan fingerprint density at radius 3 is 2.82 bits per heavy atom. The Labute approximate surface area is 158 Å². The number of nitrogens with two attached hydrogens (primary N) is 1. The number of rotatable bonds is 5. The van der Waals surface area contributed by atoms with Gasteiger partial charge in [0, 0.05) is 30.2 Å². The van der Waals surface area contributed by atoms with E-state index in [0.29, 0.717) is 5.69 Å². The molecule has 0 bridgehead atoms. The highest BCUT2D eigenvalue weighted by Crippen LogP contribution is 2.31. The molecule has 0 saturated carbocycles. The number of esters is 1. The standard InChI is InChI=1S/C18H13N5O5/c1-27-18(24)16-15(20)11(9-19)10-22(16)12-4-2-5-13(8-12)28-17-14(23(25)26)6-3-7-21-17/h2-8,10H,20H2,1H3. The lowest BCUT2D eigenvalue weighted by molar-refractivity contribution is -0.386. The molecular formula is C18H13N5O5. The molecule has 0 saturated heterocycles. The molecule has 2 heterocycles. The zero-order valence-corrected chi connectivity index (χ0v) is 14.5. The van der Waals surface area contributed by atoms with Crippen LogP contribution in [-0.2, 0) is 4.74 Å². The molecule has 0 aliphatic heterocycles. The Hall–Kier alpha value is -4.39.